The molecule has 0 radical (unpaired) electrons. The molecule has 0 spiro atoms. The van der Waals surface area contributed by atoms with Gasteiger partial charge in [-0.15, -0.1) is 6.42 Å². The van der Waals surface area contributed by atoms with Crippen LogP contribution in [0.15, 0.2) is 35.1 Å². The van der Waals surface area contributed by atoms with Gasteiger partial charge in [0.15, 0.2) is 0 Å². The second-order valence-electron chi connectivity index (χ2n) is 6.87. The number of aromatic nitrogens is 1. The molecule has 0 aromatic carbocycles. The second-order valence-corrected chi connectivity index (χ2v) is 6.87. The molecule has 0 aliphatic heterocycles. The van der Waals surface area contributed by atoms with Crippen LogP contribution in [0.5, 0.6) is 0 Å². The van der Waals surface area contributed by atoms with Crippen molar-refractivity contribution in [2.75, 3.05) is 7.11 Å². The average molecular weight is 359 g/mol. The van der Waals surface area contributed by atoms with Gasteiger partial charge in [0, 0.05) is 11.8 Å². The molecule has 0 saturated carbocycles. The molecule has 6 heteroatoms. The minimum Gasteiger partial charge on any atom is -0.469 e. The number of methoxy groups -OCH3 is 1. The monoisotopic (exact) mass is 359 g/mol. The number of carbonyl (C=O) groups is 2. The number of carbonyl (C=O) groups excluding carboxylic acids is 2. The van der Waals surface area contributed by atoms with Crippen LogP contribution in [0, 0.1) is 17.8 Å². The highest BCUT2D eigenvalue weighted by Crippen LogP contribution is 2.23. The Kier molecular flexibility index (Phi) is 6.96. The summed E-state index contributed by atoms with van der Waals surface area (Å²) in [5.41, 5.74) is -2.15. The summed E-state index contributed by atoms with van der Waals surface area (Å²) < 4.78 is 11.6. The summed E-state index contributed by atoms with van der Waals surface area (Å²) in [4.78, 5) is 36.4. The standard InChI is InChI=1S/C20H25NO5/c1-7-12-20(8-2,26-18(24)19(3,4)5)14-21-15(13-17(23)25-6)10-9-11-16(21)22/h2,7,9-12H,13-14H2,1,3-6H3/b12-7+. The molecular formula is C20H25NO5. The lowest BCUT2D eigenvalue weighted by Crippen LogP contribution is -2.43. The molecule has 0 bridgehead atoms. The Morgan fingerprint density at radius 1 is 1.31 bits per heavy atom. The topological polar surface area (TPSA) is 74.6 Å². The van der Waals surface area contributed by atoms with E-state index in [2.05, 4.69) is 10.7 Å². The van der Waals surface area contributed by atoms with E-state index >= 15 is 0 Å². The van der Waals surface area contributed by atoms with Crippen molar-refractivity contribution < 1.29 is 19.1 Å². The zero-order valence-electron chi connectivity index (χ0n) is 15.9. The highest BCUT2D eigenvalue weighted by molar-refractivity contribution is 5.76. The van der Waals surface area contributed by atoms with Gasteiger partial charge in [-0.2, -0.15) is 0 Å². The average Bonchev–Trinajstić information content (AvgIpc) is 2.57. The van der Waals surface area contributed by atoms with E-state index in [9.17, 15) is 14.4 Å². The third-order valence-electron chi connectivity index (χ3n) is 3.65. The Hall–Kier alpha value is -2.81. The largest absolute Gasteiger partial charge is 0.469 e. The van der Waals surface area contributed by atoms with E-state index in [1.807, 2.05) is 0 Å². The molecule has 6 nitrogen and oxygen atoms in total. The minimum atomic E-state index is -1.45. The number of pyridine rings is 1. The molecule has 1 aromatic heterocycles. The molecule has 0 N–H and O–H groups in total. The number of terminal acetylenes is 1. The van der Waals surface area contributed by atoms with Crippen LogP contribution in [0.25, 0.3) is 0 Å². The molecule has 0 saturated heterocycles. The van der Waals surface area contributed by atoms with E-state index in [4.69, 9.17) is 11.2 Å². The Morgan fingerprint density at radius 2 is 1.96 bits per heavy atom. The molecule has 1 atom stereocenters. The van der Waals surface area contributed by atoms with E-state index in [1.54, 1.807) is 52.0 Å². The first-order valence-corrected chi connectivity index (χ1v) is 8.19. The highest BCUT2D eigenvalue weighted by Gasteiger charge is 2.35. The van der Waals surface area contributed by atoms with Crippen molar-refractivity contribution in [2.24, 2.45) is 5.41 Å². The van der Waals surface area contributed by atoms with Crippen LogP contribution in [0.4, 0.5) is 0 Å². The van der Waals surface area contributed by atoms with Crippen molar-refractivity contribution in [2.45, 2.75) is 46.3 Å². The van der Waals surface area contributed by atoms with Gasteiger partial charge in [0.05, 0.1) is 25.5 Å². The van der Waals surface area contributed by atoms with Crippen molar-refractivity contribution in [1.82, 2.24) is 4.57 Å². The zero-order chi connectivity index (χ0) is 20.0. The number of hydrogen-bond donors (Lipinski definition) is 0. The SMILES string of the molecule is C#CC(/C=C/C)(Cn1c(CC(=O)OC)cccc1=O)OC(=O)C(C)(C)C. The van der Waals surface area contributed by atoms with Crippen molar-refractivity contribution in [1.29, 1.82) is 0 Å². The molecule has 140 valence electrons. The van der Waals surface area contributed by atoms with Crippen LogP contribution in [0.2, 0.25) is 0 Å². The summed E-state index contributed by atoms with van der Waals surface area (Å²) in [6.45, 7) is 6.76. The first-order valence-electron chi connectivity index (χ1n) is 8.19. The van der Waals surface area contributed by atoms with Crippen molar-refractivity contribution in [3.8, 4) is 12.3 Å². The van der Waals surface area contributed by atoms with Crippen LogP contribution in [-0.2, 0) is 32.0 Å². The molecular weight excluding hydrogens is 334 g/mol. The number of rotatable bonds is 6. The van der Waals surface area contributed by atoms with Crippen molar-refractivity contribution >= 4 is 11.9 Å². The van der Waals surface area contributed by atoms with Gasteiger partial charge in [0.2, 0.25) is 5.60 Å². The zero-order valence-corrected chi connectivity index (χ0v) is 15.9. The smallest absolute Gasteiger partial charge is 0.313 e. The van der Waals surface area contributed by atoms with Crippen LogP contribution in [0.3, 0.4) is 0 Å². The van der Waals surface area contributed by atoms with Gasteiger partial charge < -0.3 is 14.0 Å². The highest BCUT2D eigenvalue weighted by atomic mass is 16.6. The van der Waals surface area contributed by atoms with Gasteiger partial charge in [0.1, 0.15) is 0 Å². The van der Waals surface area contributed by atoms with Crippen LogP contribution in [-0.4, -0.2) is 29.2 Å². The molecule has 0 aliphatic carbocycles. The molecule has 0 aliphatic rings. The van der Waals surface area contributed by atoms with Crippen LogP contribution < -0.4 is 5.56 Å². The van der Waals surface area contributed by atoms with Gasteiger partial charge >= 0.3 is 11.9 Å². The quantitative estimate of drug-likeness (QED) is 0.442. The number of ether oxygens (including phenoxy) is 2. The lowest BCUT2D eigenvalue weighted by atomic mass is 9.96. The first-order chi connectivity index (χ1) is 12.1. The number of hydrogen-bond acceptors (Lipinski definition) is 5. The predicted molar refractivity (Wildman–Crippen MR) is 98.3 cm³/mol. The third kappa shape index (κ3) is 5.35. The molecule has 1 aromatic rings. The summed E-state index contributed by atoms with van der Waals surface area (Å²) in [5, 5.41) is 0. The van der Waals surface area contributed by atoms with E-state index in [1.165, 1.54) is 17.7 Å². The number of nitrogens with zero attached hydrogens (tertiary/aromatic N) is 1. The maximum Gasteiger partial charge on any atom is 0.313 e. The fraction of sp³-hybridized carbons (Fsp3) is 0.450. The van der Waals surface area contributed by atoms with Gasteiger partial charge in [-0.1, -0.05) is 18.1 Å². The maximum atomic E-state index is 12.4. The van der Waals surface area contributed by atoms with Gasteiger partial charge in [-0.3, -0.25) is 14.4 Å². The van der Waals surface area contributed by atoms with Crippen molar-refractivity contribution in [3.05, 3.63) is 46.4 Å². The Balaban J connectivity index is 3.37. The number of esters is 2. The summed E-state index contributed by atoms with van der Waals surface area (Å²) in [6.07, 6.45) is 8.78. The molecule has 0 fully saturated rings. The molecule has 1 unspecified atom stereocenters. The minimum absolute atomic E-state index is 0.101. The van der Waals surface area contributed by atoms with E-state index in [0.717, 1.165) is 0 Å². The molecule has 26 heavy (non-hydrogen) atoms. The fourth-order valence-corrected chi connectivity index (χ4v) is 2.18. The van der Waals surface area contributed by atoms with Crippen LogP contribution in [0.1, 0.15) is 33.4 Å². The van der Waals surface area contributed by atoms with Crippen LogP contribution >= 0.6 is 0 Å². The van der Waals surface area contributed by atoms with E-state index in [-0.39, 0.29) is 18.5 Å². The van der Waals surface area contributed by atoms with E-state index in [0.29, 0.717) is 5.69 Å². The lowest BCUT2D eigenvalue weighted by molar-refractivity contribution is -0.161. The lowest BCUT2D eigenvalue weighted by Gasteiger charge is -2.30. The maximum absolute atomic E-state index is 12.4. The van der Waals surface area contributed by atoms with Crippen molar-refractivity contribution in [3.63, 3.8) is 0 Å². The van der Waals surface area contributed by atoms with E-state index < -0.39 is 23.0 Å². The second kappa shape index (κ2) is 8.52. The van der Waals surface area contributed by atoms with Gasteiger partial charge in [-0.25, -0.2) is 0 Å². The Labute approximate surface area is 153 Å². The summed E-state index contributed by atoms with van der Waals surface area (Å²) in [7, 11) is 1.27. The molecule has 0 amide bonds. The third-order valence-corrected chi connectivity index (χ3v) is 3.65. The normalized spacial score (nSPS) is 13.7. The summed E-state index contributed by atoms with van der Waals surface area (Å²) in [5.74, 6) is 1.50. The fourth-order valence-electron chi connectivity index (χ4n) is 2.18. The Bertz CT molecular complexity index is 792. The summed E-state index contributed by atoms with van der Waals surface area (Å²) >= 11 is 0. The molecule has 1 heterocycles. The van der Waals surface area contributed by atoms with Gasteiger partial charge in [0.25, 0.3) is 5.56 Å². The number of allylic oxidation sites excluding steroid dienone is 1. The molecule has 1 rings (SSSR count). The predicted octanol–water partition coefficient (Wildman–Crippen LogP) is 2.10. The van der Waals surface area contributed by atoms with Gasteiger partial charge in [-0.05, 0) is 39.8 Å². The Morgan fingerprint density at radius 3 is 2.46 bits per heavy atom. The summed E-state index contributed by atoms with van der Waals surface area (Å²) in [6, 6.07) is 4.52. The first kappa shape index (κ1) is 21.2.